The van der Waals surface area contributed by atoms with E-state index < -0.39 is 0 Å². The minimum absolute atomic E-state index is 0.0102. The molecule has 4 rings (SSSR count). The SMILES string of the molecule is O=C1/C(=N\O)c2cc(Cl)ccc2N1Cc1csc(C2=CCC(Cl)C=C2)n1. The van der Waals surface area contributed by atoms with Crippen LogP contribution in [-0.2, 0) is 11.3 Å². The molecule has 0 bridgehead atoms. The van der Waals surface area contributed by atoms with Crippen LogP contribution in [0.25, 0.3) is 5.57 Å². The fourth-order valence-electron chi connectivity index (χ4n) is 2.97. The lowest BCUT2D eigenvalue weighted by Gasteiger charge is -2.15. The van der Waals surface area contributed by atoms with Gasteiger partial charge in [0.05, 0.1) is 23.3 Å². The van der Waals surface area contributed by atoms with Crippen LogP contribution in [-0.4, -0.2) is 27.2 Å². The molecule has 1 aliphatic heterocycles. The van der Waals surface area contributed by atoms with Gasteiger partial charge in [-0.3, -0.25) is 4.79 Å². The van der Waals surface area contributed by atoms with Gasteiger partial charge in [0.25, 0.3) is 5.91 Å². The van der Waals surface area contributed by atoms with Crippen molar-refractivity contribution in [2.45, 2.75) is 18.3 Å². The molecular weight excluding hydrogens is 393 g/mol. The number of aromatic nitrogens is 1. The average Bonchev–Trinajstić information content (AvgIpc) is 3.19. The third kappa shape index (κ3) is 3.05. The fourth-order valence-corrected chi connectivity index (χ4v) is 4.13. The molecule has 1 atom stereocenters. The van der Waals surface area contributed by atoms with Crippen LogP contribution in [0.2, 0.25) is 5.02 Å². The summed E-state index contributed by atoms with van der Waals surface area (Å²) in [6.07, 6.45) is 6.76. The Hall–Kier alpha value is -2.15. The van der Waals surface area contributed by atoms with Gasteiger partial charge in [-0.2, -0.15) is 0 Å². The van der Waals surface area contributed by atoms with Crippen molar-refractivity contribution in [3.8, 4) is 0 Å². The maximum absolute atomic E-state index is 12.6. The lowest BCUT2D eigenvalue weighted by molar-refractivity contribution is -0.112. The number of benzene rings is 1. The van der Waals surface area contributed by atoms with Gasteiger partial charge in [-0.05, 0) is 24.6 Å². The lowest BCUT2D eigenvalue weighted by atomic mass is 10.1. The van der Waals surface area contributed by atoms with E-state index in [-0.39, 0.29) is 23.5 Å². The number of oxime groups is 1. The van der Waals surface area contributed by atoms with Crippen LogP contribution in [0.5, 0.6) is 0 Å². The number of allylic oxidation sites excluding steroid dienone is 4. The lowest BCUT2D eigenvalue weighted by Crippen LogP contribution is -2.29. The van der Waals surface area contributed by atoms with Gasteiger partial charge in [-0.25, -0.2) is 4.98 Å². The number of anilines is 1. The summed E-state index contributed by atoms with van der Waals surface area (Å²) in [6.45, 7) is 0.290. The molecule has 1 N–H and O–H groups in total. The van der Waals surface area contributed by atoms with Gasteiger partial charge in [-0.15, -0.1) is 22.9 Å². The van der Waals surface area contributed by atoms with Gasteiger partial charge in [-0.1, -0.05) is 35.0 Å². The second kappa shape index (κ2) is 6.87. The monoisotopic (exact) mass is 405 g/mol. The van der Waals surface area contributed by atoms with Gasteiger partial charge in [0.15, 0.2) is 5.71 Å². The molecule has 1 amide bonds. The highest BCUT2D eigenvalue weighted by Crippen LogP contribution is 2.33. The van der Waals surface area contributed by atoms with E-state index >= 15 is 0 Å². The first-order valence-electron chi connectivity index (χ1n) is 7.88. The van der Waals surface area contributed by atoms with Crippen molar-refractivity contribution in [2.24, 2.45) is 5.16 Å². The summed E-state index contributed by atoms with van der Waals surface area (Å²) in [7, 11) is 0. The summed E-state index contributed by atoms with van der Waals surface area (Å²) in [6, 6.07) is 5.07. The number of amides is 1. The number of thiazole rings is 1. The molecule has 0 radical (unpaired) electrons. The van der Waals surface area contributed by atoms with Crippen LogP contribution in [0.15, 0.2) is 47.0 Å². The Morgan fingerprint density at radius 1 is 1.42 bits per heavy atom. The standard InChI is InChI=1S/C18H13Cl2N3O2S/c19-11-3-1-10(2-4-11)17-21-13(9-26-17)8-23-15-6-5-12(20)7-14(15)16(22-25)18(23)24/h1-3,5-7,9,11,25H,4,8H2/b22-16-. The topological polar surface area (TPSA) is 65.8 Å². The molecule has 2 aliphatic rings. The van der Waals surface area contributed by atoms with E-state index in [0.29, 0.717) is 16.3 Å². The Labute approximate surface area is 163 Å². The molecule has 0 spiro atoms. The van der Waals surface area contributed by atoms with Crippen molar-refractivity contribution in [3.05, 3.63) is 63.1 Å². The van der Waals surface area contributed by atoms with Crippen molar-refractivity contribution in [1.82, 2.24) is 4.98 Å². The number of halogens is 2. The Bertz CT molecular complexity index is 981. The number of rotatable bonds is 3. The van der Waals surface area contributed by atoms with Gasteiger partial charge >= 0.3 is 0 Å². The van der Waals surface area contributed by atoms with Crippen LogP contribution >= 0.6 is 34.5 Å². The van der Waals surface area contributed by atoms with Crippen LogP contribution in [0.1, 0.15) is 22.7 Å². The molecule has 0 fully saturated rings. The second-order valence-electron chi connectivity index (χ2n) is 5.92. The molecule has 1 unspecified atom stereocenters. The van der Waals surface area contributed by atoms with Gasteiger partial charge in [0, 0.05) is 21.5 Å². The molecule has 8 heteroatoms. The summed E-state index contributed by atoms with van der Waals surface area (Å²) in [4.78, 5) is 18.8. The second-order valence-corrected chi connectivity index (χ2v) is 7.77. The van der Waals surface area contributed by atoms with Crippen molar-refractivity contribution < 1.29 is 10.0 Å². The zero-order valence-corrected chi connectivity index (χ0v) is 15.7. The number of hydrogen-bond donors (Lipinski definition) is 1. The predicted molar refractivity (Wildman–Crippen MR) is 104 cm³/mol. The van der Waals surface area contributed by atoms with Crippen molar-refractivity contribution in [1.29, 1.82) is 0 Å². The number of nitrogens with zero attached hydrogens (tertiary/aromatic N) is 3. The molecule has 5 nitrogen and oxygen atoms in total. The molecule has 1 aliphatic carbocycles. The van der Waals surface area contributed by atoms with E-state index in [2.05, 4.69) is 16.2 Å². The van der Waals surface area contributed by atoms with E-state index in [1.807, 2.05) is 17.5 Å². The van der Waals surface area contributed by atoms with Crippen LogP contribution < -0.4 is 4.90 Å². The number of carbonyl (C=O) groups excluding carboxylic acids is 1. The molecule has 2 heterocycles. The highest BCUT2D eigenvalue weighted by molar-refractivity contribution is 7.10. The summed E-state index contributed by atoms with van der Waals surface area (Å²) in [5, 5.41) is 15.7. The summed E-state index contributed by atoms with van der Waals surface area (Å²) in [5.41, 5.74) is 2.97. The molecule has 0 saturated carbocycles. The number of fused-ring (bicyclic) bond motifs is 1. The number of alkyl halides is 1. The van der Waals surface area contributed by atoms with E-state index in [1.54, 1.807) is 23.1 Å². The normalized spacial score (nSPS) is 20.6. The predicted octanol–water partition coefficient (Wildman–Crippen LogP) is 4.47. The first-order chi connectivity index (χ1) is 12.6. The first-order valence-corrected chi connectivity index (χ1v) is 9.57. The Kier molecular flexibility index (Phi) is 4.56. The zero-order valence-electron chi connectivity index (χ0n) is 13.4. The third-order valence-electron chi connectivity index (χ3n) is 4.22. The molecule has 1 aromatic heterocycles. The van der Waals surface area contributed by atoms with E-state index in [1.165, 1.54) is 11.3 Å². The number of carbonyl (C=O) groups is 1. The molecular formula is C18H13Cl2N3O2S. The van der Waals surface area contributed by atoms with Crippen molar-refractivity contribution in [3.63, 3.8) is 0 Å². The minimum Gasteiger partial charge on any atom is -0.410 e. The number of hydrogen-bond acceptors (Lipinski definition) is 5. The summed E-state index contributed by atoms with van der Waals surface area (Å²) >= 11 is 13.6. The minimum atomic E-state index is -0.374. The van der Waals surface area contributed by atoms with E-state index in [9.17, 15) is 10.0 Å². The molecule has 132 valence electrons. The molecule has 2 aromatic rings. The van der Waals surface area contributed by atoms with Gasteiger partial charge < -0.3 is 10.1 Å². The van der Waals surface area contributed by atoms with Gasteiger partial charge in [0.1, 0.15) is 5.01 Å². The van der Waals surface area contributed by atoms with Gasteiger partial charge in [0.2, 0.25) is 0 Å². The fraction of sp³-hybridized carbons (Fsp3) is 0.167. The Balaban J connectivity index is 1.61. The Morgan fingerprint density at radius 3 is 3.00 bits per heavy atom. The van der Waals surface area contributed by atoms with Crippen LogP contribution in [0.3, 0.4) is 0 Å². The van der Waals surface area contributed by atoms with E-state index in [0.717, 1.165) is 22.7 Å². The quantitative estimate of drug-likeness (QED) is 0.465. The van der Waals surface area contributed by atoms with E-state index in [4.69, 9.17) is 23.2 Å². The largest absolute Gasteiger partial charge is 0.410 e. The Morgan fingerprint density at radius 2 is 2.27 bits per heavy atom. The average molecular weight is 406 g/mol. The van der Waals surface area contributed by atoms with Crippen LogP contribution in [0, 0.1) is 0 Å². The summed E-state index contributed by atoms with van der Waals surface area (Å²) in [5.74, 6) is -0.374. The third-order valence-corrected chi connectivity index (χ3v) is 5.72. The maximum atomic E-state index is 12.6. The van der Waals surface area contributed by atoms with Crippen molar-refractivity contribution in [2.75, 3.05) is 4.90 Å². The summed E-state index contributed by atoms with van der Waals surface area (Å²) < 4.78 is 0. The molecule has 1 aromatic carbocycles. The molecule has 26 heavy (non-hydrogen) atoms. The smallest absolute Gasteiger partial charge is 0.281 e. The molecule has 0 saturated heterocycles. The zero-order chi connectivity index (χ0) is 18.3. The first kappa shape index (κ1) is 17.3. The van der Waals surface area contributed by atoms with Crippen molar-refractivity contribution >= 4 is 57.4 Å². The highest BCUT2D eigenvalue weighted by Gasteiger charge is 2.35. The van der Waals surface area contributed by atoms with Crippen LogP contribution in [0.4, 0.5) is 5.69 Å². The maximum Gasteiger partial charge on any atom is 0.281 e. The highest BCUT2D eigenvalue weighted by atomic mass is 35.5.